The Morgan fingerprint density at radius 2 is 0.641 bits per heavy atom. The van der Waals surface area contributed by atoms with Crippen molar-refractivity contribution in [3.05, 3.63) is 0 Å². The van der Waals surface area contributed by atoms with Crippen LogP contribution in [-0.2, 0) is 80.1 Å². The molecule has 2 saturated heterocycles. The molecule has 0 aliphatic carbocycles. The molecule has 688 valence electrons. The molecule has 2 heterocycles. The highest BCUT2D eigenvalue weighted by Gasteiger charge is 2.55. The fourth-order valence-corrected chi connectivity index (χ4v) is 16.5. The zero-order valence-electron chi connectivity index (χ0n) is 73.3. The molecule has 0 aromatic heterocycles. The standard InChI is InChI=1S/C88H166N2O25P2/c1-7-13-19-25-31-35-41-47-53-59-71(108-77(96)61-55-49-43-37-33-27-21-15-9-3)65-75(94)89-81-85(112-79(98)63-69(92)57-51-45-39-29-23-17-11-5)83(100)74(111-88(81)115-117(104,105)106)68-107-87-82(86(84(73(67-91)110-87)114-116(101,102)103)113-80(99)64-70(93)58-52-46-40-30-24-18-12-6)90-76(95)66-72(60-54-48-42-36-32-26-20-14-8-2)109-78(97)62-56-50-44-38-34-28-22-16-10-4/h69-74,81-88,91-93,100H,7-68H2,1-6H3,(H,89,94)(H,90,95)(H2,101,102,103)(H2,104,105,106)/t69-,70-,71-,72-,73-,74-,81-,82-,83-,84-,85-,86-,87-,88-/m1/s1. The van der Waals surface area contributed by atoms with Gasteiger partial charge in [0, 0.05) is 12.8 Å². The molecule has 117 heavy (non-hydrogen) atoms. The Hall–Kier alpha value is -3.24. The lowest BCUT2D eigenvalue weighted by Crippen LogP contribution is -2.68. The van der Waals surface area contributed by atoms with E-state index in [2.05, 4.69) is 52.2 Å². The van der Waals surface area contributed by atoms with Gasteiger partial charge >= 0.3 is 39.5 Å². The van der Waals surface area contributed by atoms with Gasteiger partial charge in [0.25, 0.3) is 0 Å². The number of amides is 2. The number of rotatable bonds is 78. The summed E-state index contributed by atoms with van der Waals surface area (Å²) in [6.45, 7) is 10.8. The number of aliphatic hydroxyl groups is 4. The summed E-state index contributed by atoms with van der Waals surface area (Å²) < 4.78 is 79.5. The number of esters is 4. The zero-order chi connectivity index (χ0) is 86.2. The van der Waals surface area contributed by atoms with Crippen molar-refractivity contribution in [3.8, 4) is 0 Å². The van der Waals surface area contributed by atoms with Gasteiger partial charge in [-0.3, -0.25) is 37.8 Å². The fraction of sp³-hybridized carbons (Fsp3) is 0.932. The molecule has 0 aromatic carbocycles. The van der Waals surface area contributed by atoms with E-state index in [0.717, 1.165) is 250 Å². The Morgan fingerprint density at radius 1 is 0.350 bits per heavy atom. The molecular weight excluding hydrogens is 1550 g/mol. The van der Waals surface area contributed by atoms with Gasteiger partial charge in [-0.1, -0.05) is 337 Å². The molecule has 27 nitrogen and oxygen atoms in total. The lowest BCUT2D eigenvalue weighted by Gasteiger charge is -2.47. The van der Waals surface area contributed by atoms with Crippen molar-refractivity contribution in [3.63, 3.8) is 0 Å². The van der Waals surface area contributed by atoms with Crippen LogP contribution in [0.2, 0.25) is 0 Å². The van der Waals surface area contributed by atoms with E-state index in [9.17, 15) is 77.9 Å². The van der Waals surface area contributed by atoms with E-state index in [1.54, 1.807) is 0 Å². The van der Waals surface area contributed by atoms with E-state index in [4.69, 9.17) is 42.2 Å². The highest BCUT2D eigenvalue weighted by atomic mass is 31.2. The van der Waals surface area contributed by atoms with Crippen LogP contribution >= 0.6 is 15.6 Å². The lowest BCUT2D eigenvalue weighted by atomic mass is 9.95. The lowest BCUT2D eigenvalue weighted by molar-refractivity contribution is -0.296. The Kier molecular flexibility index (Phi) is 65.8. The summed E-state index contributed by atoms with van der Waals surface area (Å²) in [6.07, 6.45) is 26.7. The van der Waals surface area contributed by atoms with Gasteiger partial charge in [0.1, 0.15) is 48.7 Å². The minimum Gasteiger partial charge on any atom is -0.462 e. The van der Waals surface area contributed by atoms with E-state index in [-0.39, 0.29) is 38.5 Å². The average molecular weight is 1710 g/mol. The Labute approximate surface area is 704 Å². The minimum atomic E-state index is -5.70. The zero-order valence-corrected chi connectivity index (χ0v) is 75.1. The molecule has 29 heteroatoms. The number of nitrogens with one attached hydrogen (secondary N) is 2. The second-order valence-corrected chi connectivity index (χ2v) is 35.8. The minimum absolute atomic E-state index is 0.0883. The van der Waals surface area contributed by atoms with Crippen LogP contribution < -0.4 is 10.6 Å². The maximum absolute atomic E-state index is 15.0. The van der Waals surface area contributed by atoms with Crippen LogP contribution in [0, 0.1) is 0 Å². The van der Waals surface area contributed by atoms with E-state index in [0.29, 0.717) is 38.5 Å². The number of phosphoric acid groups is 2. The largest absolute Gasteiger partial charge is 0.472 e. The molecule has 0 spiro atoms. The quantitative estimate of drug-likeness (QED) is 0.0117. The first-order valence-electron chi connectivity index (χ1n) is 46.7. The number of hydrogen-bond acceptors (Lipinski definition) is 21. The van der Waals surface area contributed by atoms with Crippen molar-refractivity contribution < 1.29 is 120 Å². The number of hydrogen-bond donors (Lipinski definition) is 10. The molecule has 2 fully saturated rings. The molecule has 2 amide bonds. The molecule has 0 bridgehead atoms. The van der Waals surface area contributed by atoms with E-state index in [1.807, 2.05) is 0 Å². The highest BCUT2D eigenvalue weighted by molar-refractivity contribution is 7.46. The molecule has 0 saturated carbocycles. The Balaban J connectivity index is 2.81. The van der Waals surface area contributed by atoms with Crippen molar-refractivity contribution in [2.24, 2.45) is 0 Å². The highest BCUT2D eigenvalue weighted by Crippen LogP contribution is 2.44. The van der Waals surface area contributed by atoms with Gasteiger partial charge in [-0.2, -0.15) is 0 Å². The molecule has 0 aromatic rings. The second kappa shape index (κ2) is 70.1. The van der Waals surface area contributed by atoms with Gasteiger partial charge in [0.15, 0.2) is 24.8 Å². The molecule has 2 aliphatic heterocycles. The molecule has 0 radical (unpaired) electrons. The van der Waals surface area contributed by atoms with Crippen LogP contribution in [0.15, 0.2) is 0 Å². The first kappa shape index (κ1) is 110. The third kappa shape index (κ3) is 57.0. The van der Waals surface area contributed by atoms with Gasteiger partial charge in [-0.25, -0.2) is 9.13 Å². The van der Waals surface area contributed by atoms with Crippen molar-refractivity contribution in [2.75, 3.05) is 13.2 Å². The predicted octanol–water partition coefficient (Wildman–Crippen LogP) is 18.3. The monoisotopic (exact) mass is 1710 g/mol. The van der Waals surface area contributed by atoms with Crippen molar-refractivity contribution in [1.29, 1.82) is 0 Å². The number of phosphoric ester groups is 2. The van der Waals surface area contributed by atoms with Gasteiger partial charge in [-0.05, 0) is 51.4 Å². The number of aliphatic hydroxyl groups excluding tert-OH is 4. The number of ether oxygens (including phenoxy) is 7. The molecule has 14 atom stereocenters. The maximum Gasteiger partial charge on any atom is 0.472 e. The number of unbranched alkanes of at least 4 members (excludes halogenated alkanes) is 44. The Morgan fingerprint density at radius 3 is 0.966 bits per heavy atom. The maximum atomic E-state index is 15.0. The summed E-state index contributed by atoms with van der Waals surface area (Å²) in [6, 6.07) is -3.86. The number of carbonyl (C=O) groups is 6. The first-order chi connectivity index (χ1) is 56.3. The summed E-state index contributed by atoms with van der Waals surface area (Å²) >= 11 is 0. The van der Waals surface area contributed by atoms with Crippen molar-refractivity contribution in [2.45, 2.75) is 512 Å². The van der Waals surface area contributed by atoms with Crippen LogP contribution in [-0.4, -0.2) is 175 Å². The topological polar surface area (TPSA) is 406 Å². The van der Waals surface area contributed by atoms with Crippen LogP contribution in [0.3, 0.4) is 0 Å². The van der Waals surface area contributed by atoms with Gasteiger partial charge in [0.2, 0.25) is 11.8 Å². The predicted molar refractivity (Wildman–Crippen MR) is 453 cm³/mol. The van der Waals surface area contributed by atoms with Crippen LogP contribution in [0.4, 0.5) is 0 Å². The van der Waals surface area contributed by atoms with Gasteiger partial charge < -0.3 is 83.8 Å². The van der Waals surface area contributed by atoms with Crippen molar-refractivity contribution >= 4 is 51.3 Å². The summed E-state index contributed by atoms with van der Waals surface area (Å²) in [4.78, 5) is 128. The van der Waals surface area contributed by atoms with E-state index >= 15 is 0 Å². The smallest absolute Gasteiger partial charge is 0.462 e. The third-order valence-corrected chi connectivity index (χ3v) is 23.4. The third-order valence-electron chi connectivity index (χ3n) is 22.4. The Bertz CT molecular complexity index is 2600. The molecule has 2 rings (SSSR count). The van der Waals surface area contributed by atoms with E-state index < -0.39 is 176 Å². The van der Waals surface area contributed by atoms with Crippen molar-refractivity contribution in [1.82, 2.24) is 10.6 Å². The SMILES string of the molecule is CCCCCCCCCCCC(=O)O[C@H](CCCCCCCCCCC)CC(=O)N[C@H]1[C@H](OC[C@H]2O[C@H](OP(=O)(O)O)[C@H](NC(=O)C[C@@H](CCCCCCCCCCC)OC(=O)CCCCCCCCCCC)[C@@H](OC(=O)C[C@H](O)CCCCCCCCC)[C@@H]2O)O[C@H](CO)[C@@H](OP(=O)(O)O)[C@@H]1OC(=O)C[C@H](O)CCCCCCCCC. The second-order valence-electron chi connectivity index (χ2n) is 33.4. The summed E-state index contributed by atoms with van der Waals surface area (Å²) in [5.74, 6) is -5.03. The normalized spacial score (nSPS) is 20.8. The summed E-state index contributed by atoms with van der Waals surface area (Å²) in [7, 11) is -11.3. The van der Waals surface area contributed by atoms with Crippen LogP contribution in [0.25, 0.3) is 0 Å². The first-order valence-corrected chi connectivity index (χ1v) is 49.8. The summed E-state index contributed by atoms with van der Waals surface area (Å²) in [5, 5.41) is 51.5. The fourth-order valence-electron chi connectivity index (χ4n) is 15.5. The van der Waals surface area contributed by atoms with Crippen LogP contribution in [0.1, 0.15) is 427 Å². The molecule has 2 aliphatic rings. The molecule has 0 unspecified atom stereocenters. The molecule has 10 N–H and O–H groups in total. The number of carbonyl (C=O) groups excluding carboxylic acids is 6. The van der Waals surface area contributed by atoms with Gasteiger partial charge in [-0.15, -0.1) is 0 Å². The molecular formula is C88H166N2O25P2. The average Bonchev–Trinajstić information content (AvgIpc) is 0.780. The van der Waals surface area contributed by atoms with Gasteiger partial charge in [0.05, 0.1) is 51.1 Å². The summed E-state index contributed by atoms with van der Waals surface area (Å²) in [5.41, 5.74) is 0. The van der Waals surface area contributed by atoms with E-state index in [1.165, 1.54) is 32.1 Å². The van der Waals surface area contributed by atoms with Crippen LogP contribution in [0.5, 0.6) is 0 Å².